The summed E-state index contributed by atoms with van der Waals surface area (Å²) in [5, 5.41) is 13.0. The van der Waals surface area contributed by atoms with E-state index >= 15 is 0 Å². The summed E-state index contributed by atoms with van der Waals surface area (Å²) >= 11 is 1.67. The number of nitrogen functional groups attached to an aromatic ring is 1. The Balaban J connectivity index is 2.33. The first-order chi connectivity index (χ1) is 7.31. The van der Waals surface area contributed by atoms with Crippen molar-refractivity contribution >= 4 is 17.0 Å². The summed E-state index contributed by atoms with van der Waals surface area (Å²) in [5.41, 5.74) is 10.0. The van der Waals surface area contributed by atoms with Crippen LogP contribution in [0.4, 0.5) is 5.69 Å². The van der Waals surface area contributed by atoms with Gasteiger partial charge in [-0.1, -0.05) is 12.1 Å². The normalized spacial score (nSPS) is 10.5. The largest absolute Gasteiger partial charge is 0.398 e. The Hall–Kier alpha value is -1.32. The van der Waals surface area contributed by atoms with Gasteiger partial charge in [0.2, 0.25) is 0 Å². The lowest BCUT2D eigenvalue weighted by atomic mass is 10.0. The van der Waals surface area contributed by atoms with Crippen LogP contribution in [0, 0.1) is 0 Å². The molecule has 0 radical (unpaired) electrons. The first-order valence-electron chi connectivity index (χ1n) is 4.83. The van der Waals surface area contributed by atoms with E-state index in [1.54, 1.807) is 11.3 Å². The average Bonchev–Trinajstić information content (AvgIpc) is 2.74. The van der Waals surface area contributed by atoms with E-state index < -0.39 is 0 Å². The Morgan fingerprint density at radius 3 is 2.67 bits per heavy atom. The van der Waals surface area contributed by atoms with Crippen molar-refractivity contribution in [2.45, 2.75) is 6.42 Å². The molecule has 0 aliphatic rings. The van der Waals surface area contributed by atoms with Crippen molar-refractivity contribution in [2.75, 3.05) is 12.3 Å². The minimum absolute atomic E-state index is 0.141. The van der Waals surface area contributed by atoms with Crippen LogP contribution in [0.2, 0.25) is 0 Å². The molecule has 3 N–H and O–H groups in total. The number of hydrogen-bond donors (Lipinski definition) is 2. The van der Waals surface area contributed by atoms with Gasteiger partial charge in [-0.05, 0) is 46.0 Å². The third-order valence-corrected chi connectivity index (χ3v) is 3.06. The fourth-order valence-corrected chi connectivity index (χ4v) is 2.22. The van der Waals surface area contributed by atoms with Crippen LogP contribution >= 0.6 is 11.3 Å². The zero-order valence-corrected chi connectivity index (χ0v) is 9.13. The molecule has 2 aromatic rings. The summed E-state index contributed by atoms with van der Waals surface area (Å²) in [6.45, 7) is 0.141. The molecule has 0 fully saturated rings. The van der Waals surface area contributed by atoms with E-state index in [9.17, 15) is 0 Å². The fourth-order valence-electron chi connectivity index (χ4n) is 1.55. The number of nitrogens with two attached hydrogens (primary N) is 1. The van der Waals surface area contributed by atoms with E-state index in [4.69, 9.17) is 10.8 Å². The highest BCUT2D eigenvalue weighted by Gasteiger charge is 2.02. The molecule has 0 saturated heterocycles. The molecule has 0 aliphatic heterocycles. The van der Waals surface area contributed by atoms with Crippen molar-refractivity contribution in [1.29, 1.82) is 0 Å². The van der Waals surface area contributed by atoms with E-state index in [0.29, 0.717) is 6.42 Å². The highest BCUT2D eigenvalue weighted by Crippen LogP contribution is 2.25. The predicted octanol–water partition coefficient (Wildman–Crippen LogP) is 2.53. The van der Waals surface area contributed by atoms with Gasteiger partial charge in [0, 0.05) is 12.3 Å². The van der Waals surface area contributed by atoms with E-state index in [1.807, 2.05) is 23.6 Å². The second-order valence-corrected chi connectivity index (χ2v) is 4.18. The molecule has 0 amide bonds. The minimum Gasteiger partial charge on any atom is -0.398 e. The Labute approximate surface area is 93.0 Å². The molecule has 0 bridgehead atoms. The standard InChI is InChI=1S/C12H13NOS/c13-12-7-10(11-4-6-15-8-11)2-1-9(12)3-5-14/h1-2,4,6-8,14H,3,5,13H2. The smallest absolute Gasteiger partial charge is 0.0472 e. The van der Waals surface area contributed by atoms with Gasteiger partial charge in [0.05, 0.1) is 0 Å². The number of benzene rings is 1. The summed E-state index contributed by atoms with van der Waals surface area (Å²) in [6.07, 6.45) is 0.621. The summed E-state index contributed by atoms with van der Waals surface area (Å²) in [6, 6.07) is 8.07. The number of rotatable bonds is 3. The van der Waals surface area contributed by atoms with Crippen LogP contribution in [0.5, 0.6) is 0 Å². The molecule has 0 unspecified atom stereocenters. The average molecular weight is 219 g/mol. The maximum atomic E-state index is 8.84. The zero-order valence-electron chi connectivity index (χ0n) is 8.31. The molecular formula is C12H13NOS. The fraction of sp³-hybridized carbons (Fsp3) is 0.167. The van der Waals surface area contributed by atoms with Gasteiger partial charge in [0.1, 0.15) is 0 Å². The van der Waals surface area contributed by atoms with Crippen LogP contribution in [0.25, 0.3) is 11.1 Å². The van der Waals surface area contributed by atoms with Crippen molar-refractivity contribution in [3.8, 4) is 11.1 Å². The summed E-state index contributed by atoms with van der Waals surface area (Å²) in [4.78, 5) is 0. The molecule has 0 atom stereocenters. The van der Waals surface area contributed by atoms with Gasteiger partial charge in [0.25, 0.3) is 0 Å². The van der Waals surface area contributed by atoms with Gasteiger partial charge < -0.3 is 10.8 Å². The third-order valence-electron chi connectivity index (χ3n) is 2.38. The van der Waals surface area contributed by atoms with Crippen LogP contribution in [0.1, 0.15) is 5.56 Å². The molecule has 0 aliphatic carbocycles. The molecule has 0 spiro atoms. The molecular weight excluding hydrogens is 206 g/mol. The Bertz CT molecular complexity index is 437. The topological polar surface area (TPSA) is 46.2 Å². The number of aliphatic hydroxyl groups excluding tert-OH is 1. The summed E-state index contributed by atoms with van der Waals surface area (Å²) in [5.74, 6) is 0. The van der Waals surface area contributed by atoms with Crippen LogP contribution < -0.4 is 5.73 Å². The molecule has 2 nitrogen and oxygen atoms in total. The van der Waals surface area contributed by atoms with Gasteiger partial charge in [0.15, 0.2) is 0 Å². The van der Waals surface area contributed by atoms with Gasteiger partial charge in [-0.3, -0.25) is 0 Å². The first kappa shape index (κ1) is 10.2. The SMILES string of the molecule is Nc1cc(-c2ccsc2)ccc1CCO. The van der Waals surface area contributed by atoms with Crippen LogP contribution in [-0.2, 0) is 6.42 Å². The third kappa shape index (κ3) is 2.19. The second kappa shape index (κ2) is 4.47. The number of thiophene rings is 1. The van der Waals surface area contributed by atoms with Crippen molar-refractivity contribution < 1.29 is 5.11 Å². The Kier molecular flexibility index (Phi) is 3.04. The van der Waals surface area contributed by atoms with Gasteiger partial charge in [-0.25, -0.2) is 0 Å². The second-order valence-electron chi connectivity index (χ2n) is 3.40. The first-order valence-corrected chi connectivity index (χ1v) is 5.77. The lowest BCUT2D eigenvalue weighted by Crippen LogP contribution is -1.97. The lowest BCUT2D eigenvalue weighted by molar-refractivity contribution is 0.300. The van der Waals surface area contributed by atoms with Crippen LogP contribution in [0.3, 0.4) is 0 Å². The Morgan fingerprint density at radius 1 is 1.20 bits per heavy atom. The maximum Gasteiger partial charge on any atom is 0.0472 e. The zero-order chi connectivity index (χ0) is 10.7. The number of anilines is 1. The summed E-state index contributed by atoms with van der Waals surface area (Å²) < 4.78 is 0. The lowest BCUT2D eigenvalue weighted by Gasteiger charge is -2.06. The molecule has 2 rings (SSSR count). The van der Waals surface area contributed by atoms with Crippen molar-refractivity contribution in [2.24, 2.45) is 0 Å². The maximum absolute atomic E-state index is 8.84. The molecule has 15 heavy (non-hydrogen) atoms. The van der Waals surface area contributed by atoms with Crippen LogP contribution in [-0.4, -0.2) is 11.7 Å². The molecule has 0 saturated carbocycles. The van der Waals surface area contributed by atoms with Gasteiger partial charge >= 0.3 is 0 Å². The van der Waals surface area contributed by atoms with Crippen molar-refractivity contribution in [3.63, 3.8) is 0 Å². The minimum atomic E-state index is 0.141. The van der Waals surface area contributed by atoms with Crippen molar-refractivity contribution in [3.05, 3.63) is 40.6 Å². The molecule has 3 heteroatoms. The molecule has 1 aromatic heterocycles. The van der Waals surface area contributed by atoms with E-state index in [2.05, 4.69) is 11.4 Å². The Morgan fingerprint density at radius 2 is 2.07 bits per heavy atom. The van der Waals surface area contributed by atoms with Gasteiger partial charge in [-0.2, -0.15) is 11.3 Å². The van der Waals surface area contributed by atoms with E-state index in [-0.39, 0.29) is 6.61 Å². The molecule has 78 valence electrons. The highest BCUT2D eigenvalue weighted by molar-refractivity contribution is 7.08. The monoisotopic (exact) mass is 219 g/mol. The van der Waals surface area contributed by atoms with Gasteiger partial charge in [-0.15, -0.1) is 0 Å². The van der Waals surface area contributed by atoms with E-state index in [0.717, 1.165) is 16.8 Å². The predicted molar refractivity (Wildman–Crippen MR) is 65.0 cm³/mol. The van der Waals surface area contributed by atoms with E-state index in [1.165, 1.54) is 5.56 Å². The molecule has 1 aromatic carbocycles. The quantitative estimate of drug-likeness (QED) is 0.779. The highest BCUT2D eigenvalue weighted by atomic mass is 32.1. The number of hydrogen-bond acceptors (Lipinski definition) is 3. The number of aliphatic hydroxyl groups is 1. The molecule has 1 heterocycles. The van der Waals surface area contributed by atoms with Crippen LogP contribution in [0.15, 0.2) is 35.0 Å². The summed E-state index contributed by atoms with van der Waals surface area (Å²) in [7, 11) is 0. The van der Waals surface area contributed by atoms with Crippen molar-refractivity contribution in [1.82, 2.24) is 0 Å².